The first kappa shape index (κ1) is 10.8. The predicted octanol–water partition coefficient (Wildman–Crippen LogP) is 0.999. The van der Waals surface area contributed by atoms with E-state index < -0.39 is 11.8 Å². The van der Waals surface area contributed by atoms with Crippen LogP contribution in [0.1, 0.15) is 22.0 Å². The van der Waals surface area contributed by atoms with Crippen molar-refractivity contribution in [1.82, 2.24) is 0 Å². The van der Waals surface area contributed by atoms with Crippen molar-refractivity contribution in [3.05, 3.63) is 35.4 Å². The van der Waals surface area contributed by atoms with Gasteiger partial charge in [-0.15, -0.1) is 0 Å². The van der Waals surface area contributed by atoms with E-state index in [0.717, 1.165) is 5.56 Å². The van der Waals surface area contributed by atoms with Crippen molar-refractivity contribution < 1.29 is 24.2 Å². The number of hydrogen-bond donors (Lipinski definition) is 1. The normalized spacial score (nSPS) is 19.6. The van der Waals surface area contributed by atoms with E-state index in [0.29, 0.717) is 6.61 Å². The van der Waals surface area contributed by atoms with Crippen LogP contribution in [0, 0.1) is 0 Å². The SMILES string of the molecule is O=C(O)C(=O)c1ccc(C2COCO2)cc1. The van der Waals surface area contributed by atoms with E-state index >= 15 is 0 Å². The Hall–Kier alpha value is -1.72. The van der Waals surface area contributed by atoms with E-state index in [2.05, 4.69) is 0 Å². The Balaban J connectivity index is 2.15. The Morgan fingerprint density at radius 3 is 2.44 bits per heavy atom. The molecule has 1 atom stereocenters. The number of Topliss-reactive ketones (excluding diaryl/α,β-unsaturated/α-hetero) is 1. The van der Waals surface area contributed by atoms with Crippen molar-refractivity contribution in [2.45, 2.75) is 6.10 Å². The number of ether oxygens (including phenoxy) is 2. The largest absolute Gasteiger partial charge is 0.475 e. The first-order valence-corrected chi connectivity index (χ1v) is 4.75. The molecule has 1 aliphatic rings. The van der Waals surface area contributed by atoms with E-state index in [9.17, 15) is 9.59 Å². The van der Waals surface area contributed by atoms with E-state index in [1.165, 1.54) is 12.1 Å². The molecule has 16 heavy (non-hydrogen) atoms. The summed E-state index contributed by atoms with van der Waals surface area (Å²) < 4.78 is 10.3. The molecular formula is C11H10O5. The van der Waals surface area contributed by atoms with Gasteiger partial charge in [-0.2, -0.15) is 0 Å². The van der Waals surface area contributed by atoms with Crippen LogP contribution in [0.4, 0.5) is 0 Å². The lowest BCUT2D eigenvalue weighted by molar-refractivity contribution is -0.131. The maximum absolute atomic E-state index is 11.1. The van der Waals surface area contributed by atoms with Gasteiger partial charge >= 0.3 is 5.97 Å². The maximum atomic E-state index is 11.1. The van der Waals surface area contributed by atoms with Crippen LogP contribution in [0.15, 0.2) is 24.3 Å². The van der Waals surface area contributed by atoms with Crippen molar-refractivity contribution >= 4 is 11.8 Å². The quantitative estimate of drug-likeness (QED) is 0.610. The molecule has 1 aliphatic heterocycles. The van der Waals surface area contributed by atoms with Gasteiger partial charge in [0.15, 0.2) is 0 Å². The Morgan fingerprint density at radius 2 is 1.94 bits per heavy atom. The second-order valence-corrected chi connectivity index (χ2v) is 3.40. The number of carboxylic acid groups (broad SMARTS) is 1. The van der Waals surface area contributed by atoms with Gasteiger partial charge in [0.25, 0.3) is 5.78 Å². The van der Waals surface area contributed by atoms with Gasteiger partial charge < -0.3 is 14.6 Å². The zero-order valence-electron chi connectivity index (χ0n) is 8.38. The van der Waals surface area contributed by atoms with E-state index in [1.807, 2.05) is 0 Å². The molecule has 0 aliphatic carbocycles. The van der Waals surface area contributed by atoms with Crippen molar-refractivity contribution in [3.8, 4) is 0 Å². The van der Waals surface area contributed by atoms with Crippen molar-refractivity contribution in [1.29, 1.82) is 0 Å². The zero-order chi connectivity index (χ0) is 11.5. The molecule has 5 heteroatoms. The molecule has 0 aromatic heterocycles. The minimum Gasteiger partial charge on any atom is -0.475 e. The third-order valence-corrected chi connectivity index (χ3v) is 2.36. The van der Waals surface area contributed by atoms with Gasteiger partial charge in [0, 0.05) is 5.56 Å². The molecular weight excluding hydrogens is 212 g/mol. The summed E-state index contributed by atoms with van der Waals surface area (Å²) in [6.07, 6.45) is -0.131. The number of rotatable bonds is 3. The Kier molecular flexibility index (Phi) is 2.98. The Labute approximate surface area is 91.6 Å². The summed E-state index contributed by atoms with van der Waals surface area (Å²) in [5.41, 5.74) is 1.04. The highest BCUT2D eigenvalue weighted by Gasteiger charge is 2.19. The number of hydrogen-bond acceptors (Lipinski definition) is 4. The predicted molar refractivity (Wildman–Crippen MR) is 53.1 cm³/mol. The average molecular weight is 222 g/mol. The molecule has 1 aromatic carbocycles. The van der Waals surface area contributed by atoms with Gasteiger partial charge in [-0.25, -0.2) is 4.79 Å². The fourth-order valence-corrected chi connectivity index (χ4v) is 1.50. The van der Waals surface area contributed by atoms with Crippen LogP contribution in [0.5, 0.6) is 0 Å². The number of benzene rings is 1. The number of ketones is 1. The van der Waals surface area contributed by atoms with Crippen LogP contribution in [0.3, 0.4) is 0 Å². The molecule has 1 unspecified atom stereocenters. The van der Waals surface area contributed by atoms with Crippen LogP contribution in [-0.2, 0) is 14.3 Å². The summed E-state index contributed by atoms with van der Waals surface area (Å²) in [6, 6.07) is 6.31. The topological polar surface area (TPSA) is 72.8 Å². The number of carbonyl (C=O) groups is 2. The molecule has 0 amide bonds. The molecule has 1 heterocycles. The molecule has 1 fully saturated rings. The molecule has 0 spiro atoms. The summed E-state index contributed by atoms with van der Waals surface area (Å²) >= 11 is 0. The Morgan fingerprint density at radius 1 is 1.25 bits per heavy atom. The van der Waals surface area contributed by atoms with E-state index in [4.69, 9.17) is 14.6 Å². The minimum atomic E-state index is -1.45. The highest BCUT2D eigenvalue weighted by Crippen LogP contribution is 2.22. The molecule has 0 bridgehead atoms. The van der Waals surface area contributed by atoms with Crippen LogP contribution in [0.2, 0.25) is 0 Å². The van der Waals surface area contributed by atoms with Crippen molar-refractivity contribution in [2.75, 3.05) is 13.4 Å². The first-order chi connectivity index (χ1) is 7.68. The maximum Gasteiger partial charge on any atom is 0.377 e. The molecule has 5 nitrogen and oxygen atoms in total. The highest BCUT2D eigenvalue weighted by atomic mass is 16.7. The number of carbonyl (C=O) groups excluding carboxylic acids is 1. The summed E-state index contributed by atoms with van der Waals surface area (Å²) in [5, 5.41) is 8.52. The first-order valence-electron chi connectivity index (χ1n) is 4.75. The lowest BCUT2D eigenvalue weighted by Crippen LogP contribution is -2.12. The smallest absolute Gasteiger partial charge is 0.377 e. The monoisotopic (exact) mass is 222 g/mol. The number of aliphatic carboxylic acids is 1. The molecule has 0 saturated carbocycles. The van der Waals surface area contributed by atoms with Crippen molar-refractivity contribution in [2.24, 2.45) is 0 Å². The lowest BCUT2D eigenvalue weighted by atomic mass is 10.1. The van der Waals surface area contributed by atoms with Crippen LogP contribution in [0.25, 0.3) is 0 Å². The van der Waals surface area contributed by atoms with Gasteiger partial charge in [-0.05, 0) is 5.56 Å². The van der Waals surface area contributed by atoms with Gasteiger partial charge in [-0.3, -0.25) is 4.79 Å². The van der Waals surface area contributed by atoms with E-state index in [1.54, 1.807) is 12.1 Å². The summed E-state index contributed by atoms with van der Waals surface area (Å²) in [7, 11) is 0. The number of carboxylic acids is 1. The molecule has 1 N–H and O–H groups in total. The molecule has 84 valence electrons. The minimum absolute atomic E-state index is 0.131. The lowest BCUT2D eigenvalue weighted by Gasteiger charge is -2.07. The summed E-state index contributed by atoms with van der Waals surface area (Å²) in [4.78, 5) is 21.6. The molecule has 1 saturated heterocycles. The second kappa shape index (κ2) is 4.42. The fraction of sp³-hybridized carbons (Fsp3) is 0.273. The van der Waals surface area contributed by atoms with Crippen LogP contribution >= 0.6 is 0 Å². The van der Waals surface area contributed by atoms with Gasteiger partial charge in [-0.1, -0.05) is 24.3 Å². The second-order valence-electron chi connectivity index (χ2n) is 3.40. The zero-order valence-corrected chi connectivity index (χ0v) is 8.38. The third kappa shape index (κ3) is 2.10. The highest BCUT2D eigenvalue weighted by molar-refractivity contribution is 6.39. The van der Waals surface area contributed by atoms with Gasteiger partial charge in [0.2, 0.25) is 0 Å². The fourth-order valence-electron chi connectivity index (χ4n) is 1.50. The molecule has 1 aromatic rings. The van der Waals surface area contributed by atoms with Crippen LogP contribution < -0.4 is 0 Å². The van der Waals surface area contributed by atoms with Crippen molar-refractivity contribution in [3.63, 3.8) is 0 Å². The molecule has 0 radical (unpaired) electrons. The summed E-state index contributed by atoms with van der Waals surface area (Å²) in [6.45, 7) is 0.743. The average Bonchev–Trinajstić information content (AvgIpc) is 2.81. The standard InChI is InChI=1S/C11H10O5/c12-10(11(13)14)8-3-1-7(2-4-8)9-5-15-6-16-9/h1-4,9H,5-6H2,(H,13,14). The van der Waals surface area contributed by atoms with Gasteiger partial charge in [0.1, 0.15) is 12.9 Å². The summed E-state index contributed by atoms with van der Waals surface area (Å²) in [5.74, 6) is -2.36. The third-order valence-electron chi connectivity index (χ3n) is 2.36. The van der Waals surface area contributed by atoms with E-state index in [-0.39, 0.29) is 18.5 Å². The van der Waals surface area contributed by atoms with Gasteiger partial charge in [0.05, 0.1) is 6.61 Å². The van der Waals surface area contributed by atoms with Crippen LogP contribution in [-0.4, -0.2) is 30.3 Å². The molecule has 2 rings (SSSR count). The Bertz CT molecular complexity index is 403.